The molecule has 0 atom stereocenters. The van der Waals surface area contributed by atoms with Crippen molar-refractivity contribution in [2.75, 3.05) is 18.8 Å². The molecule has 4 nitrogen and oxygen atoms in total. The van der Waals surface area contributed by atoms with Gasteiger partial charge in [0, 0.05) is 24.5 Å². The van der Waals surface area contributed by atoms with Gasteiger partial charge in [0.2, 0.25) is 5.91 Å². The average Bonchev–Trinajstić information content (AvgIpc) is 2.68. The lowest BCUT2D eigenvalue weighted by atomic mass is 9.90. The Balaban J connectivity index is 1.47. The van der Waals surface area contributed by atoms with E-state index in [1.807, 2.05) is 6.07 Å². The molecule has 1 aliphatic heterocycles. The molecule has 0 saturated carbocycles. The van der Waals surface area contributed by atoms with Crippen LogP contribution in [0, 0.1) is 5.92 Å². The Bertz CT molecular complexity index is 858. The van der Waals surface area contributed by atoms with Crippen LogP contribution in [0.4, 0.5) is 0 Å². The number of rotatable bonds is 6. The fourth-order valence-electron chi connectivity index (χ4n) is 3.47. The number of halogens is 1. The Morgan fingerprint density at radius 1 is 1.00 bits per heavy atom. The van der Waals surface area contributed by atoms with Gasteiger partial charge in [-0.05, 0) is 55.0 Å². The summed E-state index contributed by atoms with van der Waals surface area (Å²) in [6, 6.07) is 16.5. The Morgan fingerprint density at radius 2 is 1.63 bits per heavy atom. The summed E-state index contributed by atoms with van der Waals surface area (Å²) in [5.74, 6) is 0.331. The van der Waals surface area contributed by atoms with Gasteiger partial charge in [-0.3, -0.25) is 4.79 Å². The third-order valence-electron chi connectivity index (χ3n) is 5.09. The van der Waals surface area contributed by atoms with E-state index in [2.05, 4.69) is 24.3 Å². The third-order valence-corrected chi connectivity index (χ3v) is 7.08. The van der Waals surface area contributed by atoms with E-state index in [9.17, 15) is 13.2 Å². The molecular formula is C21H24ClNO3S. The first-order valence-electron chi connectivity index (χ1n) is 9.24. The second kappa shape index (κ2) is 8.89. The van der Waals surface area contributed by atoms with Crippen LogP contribution in [0.2, 0.25) is 5.02 Å². The molecule has 6 heteroatoms. The van der Waals surface area contributed by atoms with Gasteiger partial charge in [-0.1, -0.05) is 41.9 Å². The zero-order chi connectivity index (χ0) is 19.3. The van der Waals surface area contributed by atoms with Gasteiger partial charge in [0.15, 0.2) is 9.84 Å². The van der Waals surface area contributed by atoms with Gasteiger partial charge >= 0.3 is 0 Å². The van der Waals surface area contributed by atoms with Crippen molar-refractivity contribution in [3.05, 3.63) is 65.2 Å². The van der Waals surface area contributed by atoms with Crippen molar-refractivity contribution in [1.29, 1.82) is 0 Å². The van der Waals surface area contributed by atoms with Crippen LogP contribution < -0.4 is 0 Å². The summed E-state index contributed by atoms with van der Waals surface area (Å²) in [6.07, 6.45) is 2.98. The normalized spacial score (nSPS) is 15.7. The zero-order valence-electron chi connectivity index (χ0n) is 15.2. The largest absolute Gasteiger partial charge is 0.343 e. The van der Waals surface area contributed by atoms with Crippen LogP contribution in [0.15, 0.2) is 59.5 Å². The maximum absolute atomic E-state index is 12.4. The van der Waals surface area contributed by atoms with Gasteiger partial charge in [0.25, 0.3) is 0 Å². The maximum atomic E-state index is 12.4. The molecule has 1 saturated heterocycles. The minimum Gasteiger partial charge on any atom is -0.343 e. The van der Waals surface area contributed by atoms with Gasteiger partial charge in [-0.15, -0.1) is 0 Å². The van der Waals surface area contributed by atoms with Crippen molar-refractivity contribution in [3.63, 3.8) is 0 Å². The molecule has 1 amide bonds. The Labute approximate surface area is 166 Å². The van der Waals surface area contributed by atoms with Crippen molar-refractivity contribution in [2.24, 2.45) is 5.92 Å². The lowest BCUT2D eigenvalue weighted by Crippen LogP contribution is -2.39. The number of carbonyl (C=O) groups is 1. The van der Waals surface area contributed by atoms with Gasteiger partial charge in [-0.25, -0.2) is 8.42 Å². The molecule has 0 aliphatic carbocycles. The Kier molecular flexibility index (Phi) is 6.55. The number of benzene rings is 2. The molecule has 0 bridgehead atoms. The highest BCUT2D eigenvalue weighted by molar-refractivity contribution is 7.91. The van der Waals surface area contributed by atoms with Crippen LogP contribution in [-0.4, -0.2) is 38.1 Å². The van der Waals surface area contributed by atoms with Crippen molar-refractivity contribution in [3.8, 4) is 0 Å². The smallest absolute Gasteiger partial charge is 0.223 e. The number of carbonyl (C=O) groups excluding carboxylic acids is 1. The lowest BCUT2D eigenvalue weighted by molar-refractivity contribution is -0.132. The summed E-state index contributed by atoms with van der Waals surface area (Å²) in [5.41, 5.74) is 1.33. The number of hydrogen-bond acceptors (Lipinski definition) is 3. The van der Waals surface area contributed by atoms with Crippen molar-refractivity contribution in [2.45, 2.75) is 30.6 Å². The van der Waals surface area contributed by atoms with Gasteiger partial charge in [-0.2, -0.15) is 0 Å². The highest BCUT2D eigenvalue weighted by atomic mass is 35.5. The maximum Gasteiger partial charge on any atom is 0.223 e. The summed E-state index contributed by atoms with van der Waals surface area (Å²) in [5, 5.41) is 0.489. The second-order valence-electron chi connectivity index (χ2n) is 7.04. The minimum atomic E-state index is -3.47. The number of likely N-dealkylation sites (tertiary alicyclic amines) is 1. The summed E-state index contributed by atoms with van der Waals surface area (Å²) in [6.45, 7) is 1.41. The van der Waals surface area contributed by atoms with E-state index in [1.165, 1.54) is 17.7 Å². The van der Waals surface area contributed by atoms with E-state index in [0.717, 1.165) is 19.3 Å². The SMILES string of the molecule is O=C(CCS(=O)(=O)c1ccc(Cl)cc1)N1CCC(Cc2ccccc2)CC1. The van der Waals surface area contributed by atoms with Crippen LogP contribution in [0.1, 0.15) is 24.8 Å². The molecule has 144 valence electrons. The van der Waals surface area contributed by atoms with E-state index in [-0.39, 0.29) is 23.0 Å². The topological polar surface area (TPSA) is 54.5 Å². The second-order valence-corrected chi connectivity index (χ2v) is 9.58. The predicted molar refractivity (Wildman–Crippen MR) is 108 cm³/mol. The standard InChI is InChI=1S/C21H24ClNO3S/c22-19-6-8-20(9-7-19)27(25,26)15-12-21(24)23-13-10-18(11-14-23)16-17-4-2-1-3-5-17/h1-9,18H,10-16H2. The molecule has 3 rings (SSSR count). The van der Waals surface area contributed by atoms with E-state index >= 15 is 0 Å². The van der Waals surface area contributed by atoms with Crippen LogP contribution in [0.3, 0.4) is 0 Å². The fourth-order valence-corrected chi connectivity index (χ4v) is 4.83. The number of sulfone groups is 1. The minimum absolute atomic E-state index is 0.0221. The van der Waals surface area contributed by atoms with E-state index in [0.29, 0.717) is 24.0 Å². The van der Waals surface area contributed by atoms with Crippen LogP contribution in [0.25, 0.3) is 0 Å². The van der Waals surface area contributed by atoms with E-state index in [4.69, 9.17) is 11.6 Å². The first-order valence-corrected chi connectivity index (χ1v) is 11.3. The molecule has 1 aliphatic rings. The van der Waals surface area contributed by atoms with E-state index in [1.54, 1.807) is 17.0 Å². The zero-order valence-corrected chi connectivity index (χ0v) is 16.8. The summed E-state index contributed by atoms with van der Waals surface area (Å²) in [7, 11) is -3.47. The molecule has 1 fully saturated rings. The first-order chi connectivity index (χ1) is 12.9. The lowest BCUT2D eigenvalue weighted by Gasteiger charge is -2.32. The predicted octanol–water partition coefficient (Wildman–Crippen LogP) is 3.99. The monoisotopic (exact) mass is 405 g/mol. The van der Waals surface area contributed by atoms with Crippen molar-refractivity contribution < 1.29 is 13.2 Å². The summed E-state index contributed by atoms with van der Waals surface area (Å²) < 4.78 is 24.7. The van der Waals surface area contributed by atoms with Crippen LogP contribution >= 0.6 is 11.6 Å². The van der Waals surface area contributed by atoms with Gasteiger partial charge in [0.05, 0.1) is 10.6 Å². The molecule has 0 N–H and O–H groups in total. The number of nitrogens with zero attached hydrogens (tertiary/aromatic N) is 1. The number of hydrogen-bond donors (Lipinski definition) is 0. The summed E-state index contributed by atoms with van der Waals surface area (Å²) in [4.78, 5) is 14.4. The quantitative estimate of drug-likeness (QED) is 0.730. The average molecular weight is 406 g/mol. The van der Waals surface area contributed by atoms with Crippen LogP contribution in [0.5, 0.6) is 0 Å². The van der Waals surface area contributed by atoms with Gasteiger partial charge < -0.3 is 4.90 Å². The first kappa shape index (κ1) is 19.9. The number of piperidine rings is 1. The molecule has 2 aromatic carbocycles. The Morgan fingerprint density at radius 3 is 2.26 bits per heavy atom. The van der Waals surface area contributed by atoms with Gasteiger partial charge in [0.1, 0.15) is 0 Å². The fraction of sp³-hybridized carbons (Fsp3) is 0.381. The molecule has 0 unspecified atom stereocenters. The highest BCUT2D eigenvalue weighted by Crippen LogP contribution is 2.22. The summed E-state index contributed by atoms with van der Waals surface area (Å²) >= 11 is 5.80. The van der Waals surface area contributed by atoms with E-state index < -0.39 is 9.84 Å². The van der Waals surface area contributed by atoms with Crippen molar-refractivity contribution >= 4 is 27.3 Å². The molecule has 1 heterocycles. The molecule has 27 heavy (non-hydrogen) atoms. The molecule has 2 aromatic rings. The molecule has 0 radical (unpaired) electrons. The highest BCUT2D eigenvalue weighted by Gasteiger charge is 2.24. The van der Waals surface area contributed by atoms with Crippen molar-refractivity contribution in [1.82, 2.24) is 4.90 Å². The Hall–Kier alpha value is -1.85. The van der Waals surface area contributed by atoms with Crippen LogP contribution in [-0.2, 0) is 21.1 Å². The number of amides is 1. The molecule has 0 aromatic heterocycles. The molecule has 0 spiro atoms. The molecular weight excluding hydrogens is 382 g/mol. The third kappa shape index (κ3) is 5.56.